The van der Waals surface area contributed by atoms with Gasteiger partial charge >= 0.3 is 0 Å². The SMILES string of the molecule is CC1(C)c2ccccc2N(c2ccc3c(c2)-c2ccccc2P(c2ccccc2)c2ccccc2-c2cc(N)cc(N)c2CC3)c2ccccc21. The van der Waals surface area contributed by atoms with Gasteiger partial charge < -0.3 is 16.4 Å². The summed E-state index contributed by atoms with van der Waals surface area (Å²) in [7, 11) is -0.968. The van der Waals surface area contributed by atoms with Gasteiger partial charge in [-0.2, -0.15) is 0 Å². The minimum absolute atomic E-state index is 0.121. The molecule has 0 fully saturated rings. The summed E-state index contributed by atoms with van der Waals surface area (Å²) in [5, 5.41) is 3.95. The fourth-order valence-electron chi connectivity index (χ4n) is 8.39. The zero-order chi connectivity index (χ0) is 34.7. The van der Waals surface area contributed by atoms with Crippen molar-refractivity contribution in [3.8, 4) is 22.3 Å². The molecule has 0 bridgehead atoms. The van der Waals surface area contributed by atoms with E-state index in [2.05, 4.69) is 170 Å². The Bertz CT molecular complexity index is 2400. The molecule has 0 saturated carbocycles. The average Bonchev–Trinajstić information content (AvgIpc) is 3.17. The van der Waals surface area contributed by atoms with E-state index in [1.807, 2.05) is 6.07 Å². The number of nitrogens with two attached hydrogens (primary N) is 2. The largest absolute Gasteiger partial charge is 0.399 e. The zero-order valence-corrected chi connectivity index (χ0v) is 29.9. The van der Waals surface area contributed by atoms with E-state index in [1.54, 1.807) is 0 Å². The van der Waals surface area contributed by atoms with Gasteiger partial charge in [-0.15, -0.1) is 0 Å². The van der Waals surface area contributed by atoms with E-state index in [0.717, 1.165) is 35.3 Å². The van der Waals surface area contributed by atoms with Gasteiger partial charge in [0, 0.05) is 22.5 Å². The number of anilines is 5. The predicted octanol–water partition coefficient (Wildman–Crippen LogP) is 10.2. The van der Waals surface area contributed by atoms with Crippen LogP contribution in [0.2, 0.25) is 0 Å². The van der Waals surface area contributed by atoms with Crippen molar-refractivity contribution < 1.29 is 0 Å². The molecule has 0 amide bonds. The van der Waals surface area contributed by atoms with Crippen LogP contribution < -0.4 is 32.3 Å². The molecule has 7 aromatic carbocycles. The summed E-state index contributed by atoms with van der Waals surface area (Å²) in [6, 6.07) is 57.9. The Kier molecular flexibility index (Phi) is 7.56. The van der Waals surface area contributed by atoms with Crippen molar-refractivity contribution in [2.24, 2.45) is 0 Å². The topological polar surface area (TPSA) is 55.3 Å². The van der Waals surface area contributed by atoms with Crippen molar-refractivity contribution in [2.45, 2.75) is 32.1 Å². The minimum atomic E-state index is -0.968. The molecule has 248 valence electrons. The lowest BCUT2D eigenvalue weighted by Gasteiger charge is -2.42. The summed E-state index contributed by atoms with van der Waals surface area (Å²) in [6.07, 6.45) is 1.65. The molecule has 0 spiro atoms. The van der Waals surface area contributed by atoms with E-state index in [1.165, 1.54) is 60.7 Å². The van der Waals surface area contributed by atoms with Crippen molar-refractivity contribution in [3.05, 3.63) is 180 Å². The predicted molar refractivity (Wildman–Crippen MR) is 219 cm³/mol. The van der Waals surface area contributed by atoms with Crippen LogP contribution in [0, 0.1) is 0 Å². The van der Waals surface area contributed by atoms with Gasteiger partial charge in [0.05, 0.1) is 11.4 Å². The molecule has 0 radical (unpaired) electrons. The van der Waals surface area contributed by atoms with Gasteiger partial charge in [0.15, 0.2) is 0 Å². The number of nitrogens with zero attached hydrogens (tertiary/aromatic N) is 1. The second kappa shape index (κ2) is 12.3. The first-order valence-electron chi connectivity index (χ1n) is 17.7. The number of rotatable bonds is 2. The van der Waals surface area contributed by atoms with Crippen LogP contribution in [0.25, 0.3) is 22.3 Å². The second-order valence-corrected chi connectivity index (χ2v) is 16.3. The molecule has 3 nitrogen and oxygen atoms in total. The molecule has 1 atom stereocenters. The van der Waals surface area contributed by atoms with Crippen LogP contribution in [0.15, 0.2) is 158 Å². The Balaban J connectivity index is 1.33. The maximum absolute atomic E-state index is 6.85. The van der Waals surface area contributed by atoms with Crippen LogP contribution in [0.1, 0.15) is 36.1 Å². The number of hydrogen-bond donors (Lipinski definition) is 2. The van der Waals surface area contributed by atoms with E-state index >= 15 is 0 Å². The summed E-state index contributed by atoms with van der Waals surface area (Å²) >= 11 is 0. The molecular weight excluding hydrogens is 638 g/mol. The van der Waals surface area contributed by atoms with E-state index < -0.39 is 7.92 Å². The molecule has 2 aliphatic heterocycles. The van der Waals surface area contributed by atoms with Crippen LogP contribution in [0.5, 0.6) is 0 Å². The lowest BCUT2D eigenvalue weighted by molar-refractivity contribution is 0.632. The number of hydrogen-bond acceptors (Lipinski definition) is 3. The summed E-state index contributed by atoms with van der Waals surface area (Å²) in [4.78, 5) is 2.47. The van der Waals surface area contributed by atoms with Crippen LogP contribution in [0.3, 0.4) is 0 Å². The summed E-state index contributed by atoms with van der Waals surface area (Å²) < 4.78 is 0. The highest BCUT2D eigenvalue weighted by Crippen LogP contribution is 2.52. The van der Waals surface area contributed by atoms with Crippen LogP contribution >= 0.6 is 7.92 Å². The van der Waals surface area contributed by atoms with Gasteiger partial charge in [0.25, 0.3) is 0 Å². The fraction of sp³-hybridized carbons (Fsp3) is 0.106. The average molecular weight is 678 g/mol. The summed E-state index contributed by atoms with van der Waals surface area (Å²) in [5.74, 6) is 0. The maximum Gasteiger partial charge on any atom is 0.0502 e. The molecule has 0 aromatic heterocycles. The van der Waals surface area contributed by atoms with Gasteiger partial charge in [0.2, 0.25) is 0 Å². The Morgan fingerprint density at radius 2 is 1.10 bits per heavy atom. The standard InChI is InChI=1S/C47H40N3P/c1-47(2)40-18-8-10-20-43(40)50(44-21-11-9-19-41(44)47)33-26-24-31-25-27-35-39(28-32(48)29-42(35)49)37-17-7-13-23-46(37)51(34-14-4-3-5-15-34)45-22-12-6-16-36(45)38(31)30-33/h3-24,26,28-30H,25,27,48-49H2,1-2H3. The zero-order valence-electron chi connectivity index (χ0n) is 29.0. The van der Waals surface area contributed by atoms with Gasteiger partial charge in [-0.25, -0.2) is 0 Å². The fourth-order valence-corrected chi connectivity index (χ4v) is 11.0. The third-order valence-corrected chi connectivity index (χ3v) is 13.4. The number of benzene rings is 7. The van der Waals surface area contributed by atoms with E-state index in [4.69, 9.17) is 11.5 Å². The highest BCUT2D eigenvalue weighted by Gasteiger charge is 2.37. The first-order chi connectivity index (χ1) is 24.9. The first kappa shape index (κ1) is 31.4. The monoisotopic (exact) mass is 677 g/mol. The van der Waals surface area contributed by atoms with E-state index in [-0.39, 0.29) is 5.41 Å². The lowest BCUT2D eigenvalue weighted by Crippen LogP contribution is -2.30. The number of nitrogen functional groups attached to an aromatic ring is 2. The van der Waals surface area contributed by atoms with Gasteiger partial charge in [-0.1, -0.05) is 135 Å². The first-order valence-corrected chi connectivity index (χ1v) is 19.1. The Morgan fingerprint density at radius 1 is 0.529 bits per heavy atom. The quantitative estimate of drug-likeness (QED) is 0.142. The van der Waals surface area contributed by atoms with Gasteiger partial charge in [-0.3, -0.25) is 0 Å². The van der Waals surface area contributed by atoms with Gasteiger partial charge in [-0.05, 0) is 118 Å². The number of para-hydroxylation sites is 2. The Labute approximate surface area is 302 Å². The molecule has 51 heavy (non-hydrogen) atoms. The molecule has 7 aromatic rings. The third-order valence-electron chi connectivity index (χ3n) is 10.8. The molecule has 0 aliphatic carbocycles. The molecule has 1 unspecified atom stereocenters. The van der Waals surface area contributed by atoms with Crippen molar-refractivity contribution in [3.63, 3.8) is 0 Å². The number of fused-ring (bicyclic) bond motifs is 8. The van der Waals surface area contributed by atoms with E-state index in [0.29, 0.717) is 5.69 Å². The Morgan fingerprint density at radius 3 is 1.76 bits per heavy atom. The molecule has 2 heterocycles. The molecule has 4 heteroatoms. The maximum atomic E-state index is 6.85. The van der Waals surface area contributed by atoms with Crippen molar-refractivity contribution in [1.29, 1.82) is 0 Å². The van der Waals surface area contributed by atoms with Crippen LogP contribution in [0.4, 0.5) is 28.4 Å². The molecule has 9 rings (SSSR count). The third kappa shape index (κ3) is 5.15. The molecule has 2 aliphatic rings. The van der Waals surface area contributed by atoms with Crippen LogP contribution in [-0.4, -0.2) is 0 Å². The minimum Gasteiger partial charge on any atom is -0.399 e. The smallest absolute Gasteiger partial charge is 0.0502 e. The van der Waals surface area contributed by atoms with Gasteiger partial charge in [0.1, 0.15) is 0 Å². The second-order valence-electron chi connectivity index (χ2n) is 14.2. The highest BCUT2D eigenvalue weighted by atomic mass is 31.1. The molecule has 0 saturated heterocycles. The molecular formula is C47H40N3P. The van der Waals surface area contributed by atoms with Crippen LogP contribution in [-0.2, 0) is 18.3 Å². The number of aryl methyl sites for hydroxylation is 1. The Hall–Kier alpha value is -5.63. The summed E-state index contributed by atoms with van der Waals surface area (Å²) in [5.41, 5.74) is 28.3. The molecule has 4 N–H and O–H groups in total. The summed E-state index contributed by atoms with van der Waals surface area (Å²) in [6.45, 7) is 4.68. The normalized spacial score (nSPS) is 15.6. The van der Waals surface area contributed by atoms with E-state index in [9.17, 15) is 0 Å². The van der Waals surface area contributed by atoms with Crippen molar-refractivity contribution in [2.75, 3.05) is 16.4 Å². The lowest BCUT2D eigenvalue weighted by atomic mass is 9.73. The highest BCUT2D eigenvalue weighted by molar-refractivity contribution is 7.80. The van der Waals surface area contributed by atoms with Crippen molar-refractivity contribution >= 4 is 52.3 Å². The van der Waals surface area contributed by atoms with Crippen molar-refractivity contribution in [1.82, 2.24) is 0 Å².